The molecule has 0 fully saturated rings. The predicted octanol–water partition coefficient (Wildman–Crippen LogP) is 16.2. The fourth-order valence-corrected chi connectivity index (χ4v) is 7.39. The van der Waals surface area contributed by atoms with E-state index in [0.29, 0.717) is 0 Å². The van der Waals surface area contributed by atoms with Crippen LogP contribution in [0.4, 0.5) is 0 Å². The second-order valence-corrected chi connectivity index (χ2v) is 15.4. The molecule has 275 valence electrons. The van der Waals surface area contributed by atoms with Crippen LogP contribution in [0.5, 0.6) is 0 Å². The quantitative estimate of drug-likeness (QED) is 0.0648. The minimum Gasteiger partial charge on any atom is -0.258 e. The monoisotopic (exact) mass is 653 g/mol. The number of pyridine rings is 1. The third-order valence-corrected chi connectivity index (χ3v) is 10.5. The first kappa shape index (κ1) is 44.2. The maximum atomic E-state index is 5.12. The van der Waals surface area contributed by atoms with Gasteiger partial charge in [0.25, 0.3) is 0 Å². The lowest BCUT2D eigenvalue weighted by atomic mass is 10.0. The Labute approximate surface area is 298 Å². The number of hydrogen-bond donors (Lipinski definition) is 0. The molecular formula is C46H86N. The molecule has 0 saturated heterocycles. The van der Waals surface area contributed by atoms with E-state index in [-0.39, 0.29) is 0 Å². The van der Waals surface area contributed by atoms with Gasteiger partial charge < -0.3 is 0 Å². The van der Waals surface area contributed by atoms with Crippen LogP contribution in [0, 0.1) is 6.92 Å². The average Bonchev–Trinajstić information content (AvgIpc) is 3.07. The molecule has 0 aliphatic heterocycles. The van der Waals surface area contributed by atoms with Gasteiger partial charge in [0.05, 0.1) is 0 Å². The summed E-state index contributed by atoms with van der Waals surface area (Å²) in [5.74, 6) is 0. The highest BCUT2D eigenvalue weighted by Gasteiger charge is 2.05. The molecule has 0 unspecified atom stereocenters. The lowest BCUT2D eigenvalue weighted by molar-refractivity contribution is 0.526. The molecule has 0 spiro atoms. The summed E-state index contributed by atoms with van der Waals surface area (Å²) in [5, 5.41) is 0. The average molecular weight is 653 g/mol. The molecule has 1 heterocycles. The molecule has 47 heavy (non-hydrogen) atoms. The maximum absolute atomic E-state index is 5.12. The topological polar surface area (TPSA) is 12.9 Å². The second-order valence-electron chi connectivity index (χ2n) is 15.4. The van der Waals surface area contributed by atoms with E-state index in [1.807, 2.05) is 0 Å². The van der Waals surface area contributed by atoms with Gasteiger partial charge in [-0.25, -0.2) is 0 Å². The van der Waals surface area contributed by atoms with Gasteiger partial charge in [0.2, 0.25) is 0 Å². The summed E-state index contributed by atoms with van der Waals surface area (Å²) >= 11 is 0. The Morgan fingerprint density at radius 1 is 0.340 bits per heavy atom. The van der Waals surface area contributed by atoms with Gasteiger partial charge in [0, 0.05) is 11.4 Å². The summed E-state index contributed by atoms with van der Waals surface area (Å²) in [6.07, 6.45) is 53.2. The number of hydrogen-bond acceptors (Lipinski definition) is 1. The van der Waals surface area contributed by atoms with Crippen LogP contribution in [0.1, 0.15) is 256 Å². The fourth-order valence-electron chi connectivity index (χ4n) is 7.39. The summed E-state index contributed by atoms with van der Waals surface area (Å²) in [7, 11) is 0. The van der Waals surface area contributed by atoms with Crippen molar-refractivity contribution in [3.63, 3.8) is 0 Å². The number of unbranched alkanes of at least 4 members (excludes halogenated alkanes) is 32. The van der Waals surface area contributed by atoms with Crippen molar-refractivity contribution in [1.82, 2.24) is 4.98 Å². The van der Waals surface area contributed by atoms with E-state index < -0.39 is 0 Å². The van der Waals surface area contributed by atoms with Gasteiger partial charge in [-0.2, -0.15) is 0 Å². The van der Waals surface area contributed by atoms with Crippen molar-refractivity contribution in [2.24, 2.45) is 0 Å². The van der Waals surface area contributed by atoms with Crippen molar-refractivity contribution in [2.45, 2.75) is 258 Å². The van der Waals surface area contributed by atoms with Crippen molar-refractivity contribution >= 4 is 0 Å². The molecule has 0 amide bonds. The number of aromatic nitrogens is 1. The van der Waals surface area contributed by atoms with Crippen LogP contribution >= 0.6 is 0 Å². The Balaban J connectivity index is 2.00. The minimum atomic E-state index is 0.987. The van der Waals surface area contributed by atoms with Crippen LogP contribution in [0.25, 0.3) is 0 Å². The predicted molar refractivity (Wildman–Crippen MR) is 214 cm³/mol. The molecule has 1 aromatic rings. The van der Waals surface area contributed by atoms with Crippen molar-refractivity contribution in [1.29, 1.82) is 0 Å². The second kappa shape index (κ2) is 36.4. The van der Waals surface area contributed by atoms with Crippen LogP contribution in [-0.4, -0.2) is 4.98 Å². The van der Waals surface area contributed by atoms with Crippen molar-refractivity contribution in [2.75, 3.05) is 0 Å². The van der Waals surface area contributed by atoms with Crippen molar-refractivity contribution in [3.05, 3.63) is 36.0 Å². The van der Waals surface area contributed by atoms with Crippen molar-refractivity contribution < 1.29 is 0 Å². The van der Waals surface area contributed by atoms with Gasteiger partial charge in [0.15, 0.2) is 0 Å². The zero-order valence-corrected chi connectivity index (χ0v) is 32.7. The van der Waals surface area contributed by atoms with Gasteiger partial charge >= 0.3 is 0 Å². The summed E-state index contributed by atoms with van der Waals surface area (Å²) in [4.78, 5) is 5.12. The van der Waals surface area contributed by atoms with Crippen LogP contribution in [0.15, 0.2) is 12.1 Å². The van der Waals surface area contributed by atoms with Crippen LogP contribution in [0.2, 0.25) is 0 Å². The first-order valence-corrected chi connectivity index (χ1v) is 22.1. The van der Waals surface area contributed by atoms with E-state index in [1.165, 1.54) is 235 Å². The van der Waals surface area contributed by atoms with E-state index in [0.717, 1.165) is 25.7 Å². The first-order valence-electron chi connectivity index (χ1n) is 22.1. The van der Waals surface area contributed by atoms with E-state index >= 15 is 0 Å². The molecule has 1 radical (unpaired) electrons. The van der Waals surface area contributed by atoms with E-state index in [9.17, 15) is 0 Å². The molecule has 1 rings (SSSR count). The summed E-state index contributed by atoms with van der Waals surface area (Å²) in [5.41, 5.74) is 4.16. The summed E-state index contributed by atoms with van der Waals surface area (Å²) < 4.78 is 0. The van der Waals surface area contributed by atoms with E-state index in [2.05, 4.69) is 32.9 Å². The largest absolute Gasteiger partial charge is 0.258 e. The minimum absolute atomic E-state index is 0.987. The molecule has 1 nitrogen and oxygen atoms in total. The lowest BCUT2D eigenvalue weighted by Gasteiger charge is -2.09. The Bertz CT molecular complexity index is 682. The summed E-state index contributed by atoms with van der Waals surface area (Å²) in [6.45, 7) is 8.73. The van der Waals surface area contributed by atoms with E-state index in [1.54, 1.807) is 0 Å². The Hall–Kier alpha value is -0.850. The van der Waals surface area contributed by atoms with E-state index in [4.69, 9.17) is 4.98 Å². The Morgan fingerprint density at radius 3 is 0.809 bits per heavy atom. The molecule has 0 aromatic carbocycles. The normalized spacial score (nSPS) is 11.6. The van der Waals surface area contributed by atoms with Crippen molar-refractivity contribution in [3.8, 4) is 0 Å². The SMILES string of the molecule is [CH2]CCc1cc(CCCCCCCCCCCCCCCCCCC)nc(CCCCCCCCCCCCCCCCCCC)c1. The van der Waals surface area contributed by atoms with Crippen LogP contribution in [0.3, 0.4) is 0 Å². The smallest absolute Gasteiger partial charge is 0.0409 e. The van der Waals surface area contributed by atoms with Crippen LogP contribution in [-0.2, 0) is 19.3 Å². The first-order chi connectivity index (χ1) is 23.3. The number of rotatable bonds is 38. The Morgan fingerprint density at radius 2 is 0.574 bits per heavy atom. The maximum Gasteiger partial charge on any atom is 0.0409 e. The fraction of sp³-hybridized carbons (Fsp3) is 0.870. The van der Waals surface area contributed by atoms with Gasteiger partial charge in [-0.15, -0.1) is 0 Å². The third kappa shape index (κ3) is 30.9. The zero-order chi connectivity index (χ0) is 33.7. The highest BCUT2D eigenvalue weighted by Crippen LogP contribution is 2.18. The molecule has 0 N–H and O–H groups in total. The van der Waals surface area contributed by atoms with Crippen LogP contribution < -0.4 is 0 Å². The van der Waals surface area contributed by atoms with Gasteiger partial charge in [-0.1, -0.05) is 226 Å². The third-order valence-electron chi connectivity index (χ3n) is 10.5. The molecule has 0 atom stereocenters. The molecular weight excluding hydrogens is 567 g/mol. The number of nitrogens with zero attached hydrogens (tertiary/aromatic N) is 1. The standard InChI is InChI=1S/C46H86N/c1-4-7-9-11-13-15-17-19-21-23-25-27-29-31-33-35-37-40-45-42-44(39-6-3)43-46(47-45)41-38-36-34-32-30-28-26-24-22-20-18-16-14-12-10-8-5-2/h42-43H,3-41H2,1-2H3. The Kier molecular flexibility index (Phi) is 34.2. The zero-order valence-electron chi connectivity index (χ0n) is 32.7. The summed E-state index contributed by atoms with van der Waals surface area (Å²) in [6, 6.07) is 4.77. The molecule has 1 aromatic heterocycles. The highest BCUT2D eigenvalue weighted by atomic mass is 14.7. The molecule has 0 saturated carbocycles. The van der Waals surface area contributed by atoms with Gasteiger partial charge in [-0.3, -0.25) is 4.98 Å². The lowest BCUT2D eigenvalue weighted by Crippen LogP contribution is -2.00. The number of aryl methyl sites for hydroxylation is 3. The van der Waals surface area contributed by atoms with Gasteiger partial charge in [-0.05, 0) is 56.2 Å². The highest BCUT2D eigenvalue weighted by molar-refractivity contribution is 5.22. The molecule has 0 aliphatic carbocycles. The molecule has 0 bridgehead atoms. The molecule has 0 aliphatic rings. The molecule has 1 heteroatoms. The van der Waals surface area contributed by atoms with Gasteiger partial charge in [0.1, 0.15) is 0 Å².